The lowest BCUT2D eigenvalue weighted by Crippen LogP contribution is -2.45. The lowest BCUT2D eigenvalue weighted by atomic mass is 9.97. The molecule has 0 radical (unpaired) electrons. The van der Waals surface area contributed by atoms with Gasteiger partial charge in [-0.3, -0.25) is 4.90 Å². The molecule has 1 saturated heterocycles. The maximum absolute atomic E-state index is 14.0. The molecule has 1 aromatic rings. The Hall–Kier alpha value is -0.710. The number of hydrogen-bond acceptors (Lipinski definition) is 2. The Morgan fingerprint density at radius 3 is 2.30 bits per heavy atom. The summed E-state index contributed by atoms with van der Waals surface area (Å²) in [5.41, 5.74) is 0.274. The van der Waals surface area contributed by atoms with Crippen LogP contribution in [0.4, 0.5) is 8.78 Å². The minimum absolute atomic E-state index is 0. The van der Waals surface area contributed by atoms with E-state index in [1.54, 1.807) is 0 Å². The van der Waals surface area contributed by atoms with E-state index in [1.165, 1.54) is 31.0 Å². The fraction of sp³-hybridized carbons (Fsp3) is 0.600. The average molecular weight is 303 g/mol. The van der Waals surface area contributed by atoms with Crippen molar-refractivity contribution in [2.45, 2.75) is 25.3 Å². The van der Waals surface area contributed by atoms with E-state index in [2.05, 4.69) is 10.2 Å². The SMILES string of the molecule is Cl.Fc1cccc(F)c1[C@H](CC1CC1)N1CCNCC1. The van der Waals surface area contributed by atoms with Gasteiger partial charge in [0.25, 0.3) is 0 Å². The predicted molar refractivity (Wildman–Crippen MR) is 78.1 cm³/mol. The van der Waals surface area contributed by atoms with Crippen LogP contribution in [0, 0.1) is 17.6 Å². The number of rotatable bonds is 4. The zero-order valence-corrected chi connectivity index (χ0v) is 12.3. The lowest BCUT2D eigenvalue weighted by molar-refractivity contribution is 0.154. The Balaban J connectivity index is 0.00000147. The van der Waals surface area contributed by atoms with Gasteiger partial charge in [-0.15, -0.1) is 12.4 Å². The summed E-state index contributed by atoms with van der Waals surface area (Å²) in [7, 11) is 0. The molecule has 0 bridgehead atoms. The van der Waals surface area contributed by atoms with Gasteiger partial charge in [0.1, 0.15) is 11.6 Å². The fourth-order valence-corrected chi connectivity index (χ4v) is 2.94. The van der Waals surface area contributed by atoms with Crippen molar-refractivity contribution in [2.24, 2.45) is 5.92 Å². The van der Waals surface area contributed by atoms with E-state index in [4.69, 9.17) is 0 Å². The van der Waals surface area contributed by atoms with Gasteiger partial charge in [0.15, 0.2) is 0 Å². The molecule has 0 unspecified atom stereocenters. The Morgan fingerprint density at radius 1 is 1.15 bits per heavy atom. The molecule has 5 heteroatoms. The van der Waals surface area contributed by atoms with Gasteiger partial charge < -0.3 is 5.32 Å². The Morgan fingerprint density at radius 2 is 1.75 bits per heavy atom. The van der Waals surface area contributed by atoms with Crippen LogP contribution in [0.1, 0.15) is 30.9 Å². The van der Waals surface area contributed by atoms with E-state index >= 15 is 0 Å². The fourth-order valence-electron chi connectivity index (χ4n) is 2.94. The van der Waals surface area contributed by atoms with Crippen LogP contribution in [-0.4, -0.2) is 31.1 Å². The van der Waals surface area contributed by atoms with Crippen LogP contribution in [0.3, 0.4) is 0 Å². The number of nitrogens with one attached hydrogen (secondary N) is 1. The third-order valence-electron chi connectivity index (χ3n) is 4.18. The summed E-state index contributed by atoms with van der Waals surface area (Å²) in [6.07, 6.45) is 3.30. The van der Waals surface area contributed by atoms with Gasteiger partial charge in [-0.05, 0) is 24.5 Å². The van der Waals surface area contributed by atoms with Crippen LogP contribution < -0.4 is 5.32 Å². The smallest absolute Gasteiger partial charge is 0.130 e. The second kappa shape index (κ2) is 6.83. The van der Waals surface area contributed by atoms with E-state index in [-0.39, 0.29) is 24.0 Å². The topological polar surface area (TPSA) is 15.3 Å². The normalized spacial score (nSPS) is 21.3. The molecular weight excluding hydrogens is 282 g/mol. The summed E-state index contributed by atoms with van der Waals surface area (Å²) in [5, 5.41) is 3.29. The van der Waals surface area contributed by atoms with Crippen molar-refractivity contribution in [3.8, 4) is 0 Å². The first-order valence-corrected chi connectivity index (χ1v) is 7.14. The highest BCUT2D eigenvalue weighted by Gasteiger charge is 2.33. The van der Waals surface area contributed by atoms with Gasteiger partial charge in [0.05, 0.1) is 0 Å². The number of halogens is 3. The van der Waals surface area contributed by atoms with Gasteiger partial charge in [-0.25, -0.2) is 8.78 Å². The van der Waals surface area contributed by atoms with Crippen LogP contribution >= 0.6 is 12.4 Å². The molecule has 0 aromatic heterocycles. The second-order valence-electron chi connectivity index (χ2n) is 5.62. The standard InChI is InChI=1S/C15H20F2N2.ClH/c16-12-2-1-3-13(17)15(12)14(10-11-4-5-11)19-8-6-18-7-9-19;/h1-3,11,14,18H,4-10H2;1H/t14-;/m0./s1. The first-order valence-electron chi connectivity index (χ1n) is 7.14. The molecule has 1 aliphatic heterocycles. The van der Waals surface area contributed by atoms with Gasteiger partial charge in [0, 0.05) is 37.8 Å². The molecule has 2 fully saturated rings. The summed E-state index contributed by atoms with van der Waals surface area (Å²) < 4.78 is 28.1. The van der Waals surface area contributed by atoms with E-state index < -0.39 is 11.6 Å². The highest BCUT2D eigenvalue weighted by molar-refractivity contribution is 5.85. The van der Waals surface area contributed by atoms with E-state index in [1.807, 2.05) is 0 Å². The molecule has 1 heterocycles. The maximum atomic E-state index is 14.0. The van der Waals surface area contributed by atoms with Crippen molar-refractivity contribution < 1.29 is 8.78 Å². The summed E-state index contributed by atoms with van der Waals surface area (Å²) in [6.45, 7) is 3.53. The van der Waals surface area contributed by atoms with Crippen LogP contribution in [0.2, 0.25) is 0 Å². The van der Waals surface area contributed by atoms with Gasteiger partial charge in [-0.1, -0.05) is 18.9 Å². The molecule has 1 aliphatic carbocycles. The first-order chi connectivity index (χ1) is 9.25. The number of benzene rings is 1. The Bertz CT molecular complexity index is 425. The maximum Gasteiger partial charge on any atom is 0.130 e. The average Bonchev–Trinajstić information content (AvgIpc) is 3.22. The monoisotopic (exact) mass is 302 g/mol. The number of piperazine rings is 1. The minimum Gasteiger partial charge on any atom is -0.314 e. The molecule has 20 heavy (non-hydrogen) atoms. The van der Waals surface area contributed by atoms with Crippen molar-refractivity contribution in [3.63, 3.8) is 0 Å². The van der Waals surface area contributed by atoms with Crippen LogP contribution in [0.25, 0.3) is 0 Å². The third-order valence-corrected chi connectivity index (χ3v) is 4.18. The summed E-state index contributed by atoms with van der Waals surface area (Å²) >= 11 is 0. The molecular formula is C15H21ClF2N2. The Kier molecular flexibility index (Phi) is 5.35. The Labute approximate surface area is 124 Å². The quantitative estimate of drug-likeness (QED) is 0.919. The van der Waals surface area contributed by atoms with E-state index in [0.29, 0.717) is 5.92 Å². The molecule has 1 saturated carbocycles. The van der Waals surface area contributed by atoms with Gasteiger partial charge >= 0.3 is 0 Å². The first kappa shape index (κ1) is 15.7. The lowest BCUT2D eigenvalue weighted by Gasteiger charge is -2.35. The van der Waals surface area contributed by atoms with E-state index in [0.717, 1.165) is 32.6 Å². The highest BCUT2D eigenvalue weighted by Crippen LogP contribution is 2.41. The van der Waals surface area contributed by atoms with Crippen LogP contribution in [-0.2, 0) is 0 Å². The largest absolute Gasteiger partial charge is 0.314 e. The molecule has 112 valence electrons. The van der Waals surface area contributed by atoms with Crippen molar-refractivity contribution in [1.82, 2.24) is 10.2 Å². The molecule has 2 aliphatic rings. The highest BCUT2D eigenvalue weighted by atomic mass is 35.5. The summed E-state index contributed by atoms with van der Waals surface area (Å²) in [5.74, 6) is -0.146. The number of nitrogens with zero attached hydrogens (tertiary/aromatic N) is 1. The van der Waals surface area contributed by atoms with Gasteiger partial charge in [0.2, 0.25) is 0 Å². The zero-order chi connectivity index (χ0) is 13.2. The van der Waals surface area contributed by atoms with Crippen LogP contribution in [0.5, 0.6) is 0 Å². The third kappa shape index (κ3) is 3.48. The van der Waals surface area contributed by atoms with Crippen molar-refractivity contribution in [2.75, 3.05) is 26.2 Å². The minimum atomic E-state index is -0.399. The second-order valence-corrected chi connectivity index (χ2v) is 5.62. The van der Waals surface area contributed by atoms with Gasteiger partial charge in [-0.2, -0.15) is 0 Å². The molecule has 1 aromatic carbocycles. The van der Waals surface area contributed by atoms with Crippen molar-refractivity contribution in [1.29, 1.82) is 0 Å². The molecule has 0 spiro atoms. The summed E-state index contributed by atoms with van der Waals surface area (Å²) in [6, 6.07) is 4.09. The molecule has 1 N–H and O–H groups in total. The van der Waals surface area contributed by atoms with Crippen molar-refractivity contribution in [3.05, 3.63) is 35.4 Å². The molecule has 3 rings (SSSR count). The van der Waals surface area contributed by atoms with Crippen LogP contribution in [0.15, 0.2) is 18.2 Å². The van der Waals surface area contributed by atoms with Crippen molar-refractivity contribution >= 4 is 12.4 Å². The molecule has 0 amide bonds. The summed E-state index contributed by atoms with van der Waals surface area (Å²) in [4.78, 5) is 2.23. The van der Waals surface area contributed by atoms with E-state index in [9.17, 15) is 8.78 Å². The molecule has 2 nitrogen and oxygen atoms in total. The number of hydrogen-bond donors (Lipinski definition) is 1. The predicted octanol–water partition coefficient (Wildman–Crippen LogP) is 3.13. The zero-order valence-electron chi connectivity index (χ0n) is 11.4. The molecule has 1 atom stereocenters.